The number of imide groups is 1. The van der Waals surface area contributed by atoms with Crippen molar-refractivity contribution in [3.8, 4) is 17.0 Å². The van der Waals surface area contributed by atoms with Gasteiger partial charge in [0.2, 0.25) is 11.8 Å². The van der Waals surface area contributed by atoms with Gasteiger partial charge in [0.25, 0.3) is 5.91 Å². The van der Waals surface area contributed by atoms with E-state index < -0.39 is 0 Å². The van der Waals surface area contributed by atoms with Gasteiger partial charge in [0.15, 0.2) is 0 Å². The van der Waals surface area contributed by atoms with Gasteiger partial charge in [0.1, 0.15) is 5.75 Å². The normalized spacial score (nSPS) is 13.3. The van der Waals surface area contributed by atoms with Gasteiger partial charge in [0.05, 0.1) is 30.4 Å². The molecule has 0 radical (unpaired) electrons. The Balaban J connectivity index is 1.40. The minimum atomic E-state index is -0.254. The van der Waals surface area contributed by atoms with Crippen LogP contribution in [0.1, 0.15) is 28.8 Å². The third-order valence-corrected chi connectivity index (χ3v) is 6.05. The minimum Gasteiger partial charge on any atom is -0.497 e. The number of likely N-dealkylation sites (tertiary alicyclic amines) is 1. The second-order valence-corrected chi connectivity index (χ2v) is 8.33. The molecule has 7 nitrogen and oxygen atoms in total. The summed E-state index contributed by atoms with van der Waals surface area (Å²) in [5.74, 6) is 0.194. The zero-order valence-corrected chi connectivity index (χ0v) is 19.2. The molecule has 1 fully saturated rings. The van der Waals surface area contributed by atoms with Crippen molar-refractivity contribution in [2.75, 3.05) is 12.4 Å². The fraction of sp³-hybridized carbons (Fsp3) is 0.143. The molecule has 2 heterocycles. The number of fused-ring (bicyclic) bond motifs is 1. The van der Waals surface area contributed by atoms with Crippen LogP contribution in [0.15, 0.2) is 78.9 Å². The number of hydrogen-bond acceptors (Lipinski definition) is 5. The molecule has 0 unspecified atom stereocenters. The highest BCUT2D eigenvalue weighted by molar-refractivity contribution is 6.13. The summed E-state index contributed by atoms with van der Waals surface area (Å²) in [6, 6.07) is 24.0. The molecule has 1 aliphatic rings. The van der Waals surface area contributed by atoms with Crippen molar-refractivity contribution in [3.63, 3.8) is 0 Å². The standard InChI is InChI=1S/C28H23N3O4/c1-35-21-12-8-19(9-13-21)25-16-23(22-4-2-3-5-24(22)30-25)28(34)29-20-10-6-18(7-11-20)17-31-26(32)14-15-27(31)33/h2-13,16H,14-15,17H2,1H3,(H,29,34). The van der Waals surface area contributed by atoms with Gasteiger partial charge in [-0.2, -0.15) is 0 Å². The highest BCUT2D eigenvalue weighted by Crippen LogP contribution is 2.27. The smallest absolute Gasteiger partial charge is 0.256 e. The number of methoxy groups -OCH3 is 1. The molecule has 4 aromatic rings. The molecule has 3 aromatic carbocycles. The fourth-order valence-corrected chi connectivity index (χ4v) is 4.15. The van der Waals surface area contributed by atoms with E-state index in [9.17, 15) is 14.4 Å². The van der Waals surface area contributed by atoms with Crippen molar-refractivity contribution in [3.05, 3.63) is 90.0 Å². The molecular formula is C28H23N3O4. The number of carbonyl (C=O) groups is 3. The summed E-state index contributed by atoms with van der Waals surface area (Å²) in [7, 11) is 1.61. The molecule has 0 spiro atoms. The second-order valence-electron chi connectivity index (χ2n) is 8.33. The van der Waals surface area contributed by atoms with E-state index in [-0.39, 0.29) is 37.1 Å². The van der Waals surface area contributed by atoms with Crippen LogP contribution in [0.4, 0.5) is 5.69 Å². The highest BCUT2D eigenvalue weighted by Gasteiger charge is 2.28. The number of anilines is 1. The zero-order valence-electron chi connectivity index (χ0n) is 19.2. The molecule has 1 saturated heterocycles. The summed E-state index contributed by atoms with van der Waals surface area (Å²) in [6.07, 6.45) is 0.538. The summed E-state index contributed by atoms with van der Waals surface area (Å²) < 4.78 is 5.24. The molecule has 7 heteroatoms. The summed E-state index contributed by atoms with van der Waals surface area (Å²) in [5.41, 5.74) is 4.24. The molecule has 0 saturated carbocycles. The van der Waals surface area contributed by atoms with Gasteiger partial charge < -0.3 is 10.1 Å². The van der Waals surface area contributed by atoms with Crippen LogP contribution in [-0.4, -0.2) is 34.7 Å². The molecule has 1 N–H and O–H groups in total. The summed E-state index contributed by atoms with van der Waals surface area (Å²) >= 11 is 0. The predicted octanol–water partition coefficient (Wildman–Crippen LogP) is 4.81. The summed E-state index contributed by atoms with van der Waals surface area (Å²) in [4.78, 5) is 43.1. The first kappa shape index (κ1) is 22.3. The van der Waals surface area contributed by atoms with Crippen LogP contribution in [0.3, 0.4) is 0 Å². The van der Waals surface area contributed by atoms with E-state index in [0.717, 1.165) is 27.8 Å². The third-order valence-electron chi connectivity index (χ3n) is 6.05. The predicted molar refractivity (Wildman–Crippen MR) is 133 cm³/mol. The largest absolute Gasteiger partial charge is 0.497 e. The Morgan fingerprint density at radius 2 is 1.63 bits per heavy atom. The lowest BCUT2D eigenvalue weighted by Gasteiger charge is -2.14. The summed E-state index contributed by atoms with van der Waals surface area (Å²) in [6.45, 7) is 0.242. The monoisotopic (exact) mass is 465 g/mol. The van der Waals surface area contributed by atoms with E-state index in [4.69, 9.17) is 9.72 Å². The van der Waals surface area contributed by atoms with Crippen LogP contribution in [0, 0.1) is 0 Å². The van der Waals surface area contributed by atoms with Gasteiger partial charge in [-0.15, -0.1) is 0 Å². The zero-order chi connectivity index (χ0) is 24.4. The van der Waals surface area contributed by atoms with Gasteiger partial charge in [-0.1, -0.05) is 30.3 Å². The molecule has 0 aliphatic carbocycles. The van der Waals surface area contributed by atoms with Crippen LogP contribution >= 0.6 is 0 Å². The molecule has 0 bridgehead atoms. The van der Waals surface area contributed by atoms with Crippen LogP contribution in [0.5, 0.6) is 5.75 Å². The highest BCUT2D eigenvalue weighted by atomic mass is 16.5. The van der Waals surface area contributed by atoms with Crippen molar-refractivity contribution >= 4 is 34.3 Å². The fourth-order valence-electron chi connectivity index (χ4n) is 4.15. The number of benzene rings is 3. The molecule has 3 amide bonds. The van der Waals surface area contributed by atoms with E-state index in [1.165, 1.54) is 4.90 Å². The van der Waals surface area contributed by atoms with Gasteiger partial charge in [0, 0.05) is 29.5 Å². The van der Waals surface area contributed by atoms with Gasteiger partial charge in [-0.05, 0) is 54.1 Å². The van der Waals surface area contributed by atoms with Gasteiger partial charge >= 0.3 is 0 Å². The average molecular weight is 466 g/mol. The molecular weight excluding hydrogens is 442 g/mol. The number of para-hydroxylation sites is 1. The first-order chi connectivity index (χ1) is 17.0. The van der Waals surface area contributed by atoms with E-state index in [1.807, 2.05) is 60.7 Å². The molecule has 5 rings (SSSR count). The van der Waals surface area contributed by atoms with E-state index in [2.05, 4.69) is 5.32 Å². The number of aromatic nitrogens is 1. The minimum absolute atomic E-state index is 0.149. The Labute approximate surface area is 202 Å². The molecule has 1 aromatic heterocycles. The lowest BCUT2D eigenvalue weighted by Crippen LogP contribution is -2.28. The van der Waals surface area contributed by atoms with Crippen molar-refractivity contribution in [2.24, 2.45) is 0 Å². The summed E-state index contributed by atoms with van der Waals surface area (Å²) in [5, 5.41) is 3.71. The Morgan fingerprint density at radius 3 is 2.31 bits per heavy atom. The lowest BCUT2D eigenvalue weighted by atomic mass is 10.0. The first-order valence-electron chi connectivity index (χ1n) is 11.3. The van der Waals surface area contributed by atoms with Crippen LogP contribution < -0.4 is 10.1 Å². The van der Waals surface area contributed by atoms with Gasteiger partial charge in [-0.25, -0.2) is 4.98 Å². The molecule has 1 aliphatic heterocycles. The maximum absolute atomic E-state index is 13.3. The van der Waals surface area contributed by atoms with Crippen molar-refractivity contribution < 1.29 is 19.1 Å². The molecule has 35 heavy (non-hydrogen) atoms. The topological polar surface area (TPSA) is 88.6 Å². The Hall–Kier alpha value is -4.52. The number of hydrogen-bond donors (Lipinski definition) is 1. The van der Waals surface area contributed by atoms with Crippen molar-refractivity contribution in [1.82, 2.24) is 9.88 Å². The van der Waals surface area contributed by atoms with Crippen molar-refractivity contribution in [2.45, 2.75) is 19.4 Å². The number of carbonyl (C=O) groups excluding carboxylic acids is 3. The van der Waals surface area contributed by atoms with E-state index >= 15 is 0 Å². The molecule has 174 valence electrons. The van der Waals surface area contributed by atoms with Gasteiger partial charge in [-0.3, -0.25) is 19.3 Å². The SMILES string of the molecule is COc1ccc(-c2cc(C(=O)Nc3ccc(CN4C(=O)CCC4=O)cc3)c3ccccc3n2)cc1. The maximum Gasteiger partial charge on any atom is 0.256 e. The van der Waals surface area contributed by atoms with E-state index in [1.54, 1.807) is 25.3 Å². The second kappa shape index (κ2) is 9.38. The Morgan fingerprint density at radius 1 is 0.943 bits per heavy atom. The van der Waals surface area contributed by atoms with Crippen LogP contribution in [-0.2, 0) is 16.1 Å². The third kappa shape index (κ3) is 4.61. The van der Waals surface area contributed by atoms with Crippen molar-refractivity contribution in [1.29, 1.82) is 0 Å². The van der Waals surface area contributed by atoms with E-state index in [0.29, 0.717) is 16.9 Å². The number of ether oxygens (including phenoxy) is 1. The Kier molecular flexibility index (Phi) is 5.97. The first-order valence-corrected chi connectivity index (χ1v) is 11.3. The number of amides is 3. The number of pyridine rings is 1. The van der Waals surface area contributed by atoms with Crippen LogP contribution in [0.2, 0.25) is 0 Å². The number of rotatable bonds is 6. The average Bonchev–Trinajstić information content (AvgIpc) is 3.21. The number of nitrogens with one attached hydrogen (secondary N) is 1. The number of nitrogens with zero attached hydrogens (tertiary/aromatic N) is 2. The maximum atomic E-state index is 13.3. The lowest BCUT2D eigenvalue weighted by molar-refractivity contribution is -0.139. The quantitative estimate of drug-likeness (QED) is 0.413. The van der Waals surface area contributed by atoms with Crippen LogP contribution in [0.25, 0.3) is 22.2 Å². The molecule has 0 atom stereocenters. The Bertz CT molecular complexity index is 1410.